The zero-order valence-electron chi connectivity index (χ0n) is 27.4. The van der Waals surface area contributed by atoms with E-state index in [1.54, 1.807) is 18.2 Å². The highest BCUT2D eigenvalue weighted by molar-refractivity contribution is 6.43. The van der Waals surface area contributed by atoms with Crippen LogP contribution in [-0.2, 0) is 11.2 Å². The maximum atomic E-state index is 17.1. The van der Waals surface area contributed by atoms with Crippen molar-refractivity contribution in [1.29, 1.82) is 5.26 Å². The monoisotopic (exact) mass is 695 g/mol. The minimum absolute atomic E-state index is 0.0860. The predicted molar refractivity (Wildman–Crippen MR) is 188 cm³/mol. The standard InChI is InChI=1S/C38H36Cl2FN7O/c1-19-16-46(18-44-19)24-13-30(47(17-24)38(49)21-8-9-21)31-14-26-20(2)45-35-27(37(26)48(31)36-23-12-29(36)43-15-23)11-22(5-4-10-42)32(34(35)41)25-6-3-7-28(39)33(25)40/h3,6-7,11,14,16,18,21,23-24,29-30,36,43H,4-5,8-9,12-13,15,17H2,1-2H3/t23-,24+,29-,30-,36+/m1/s1. The lowest BCUT2D eigenvalue weighted by atomic mass is 9.79. The third-order valence-electron chi connectivity index (χ3n) is 11.4. The Morgan fingerprint density at radius 1 is 1.16 bits per heavy atom. The Morgan fingerprint density at radius 3 is 2.69 bits per heavy atom. The van der Waals surface area contributed by atoms with Crippen LogP contribution in [0.2, 0.25) is 10.0 Å². The van der Waals surface area contributed by atoms with Gasteiger partial charge >= 0.3 is 0 Å². The van der Waals surface area contributed by atoms with Gasteiger partial charge in [-0.3, -0.25) is 4.79 Å². The van der Waals surface area contributed by atoms with E-state index in [2.05, 4.69) is 42.7 Å². The van der Waals surface area contributed by atoms with Crippen molar-refractivity contribution in [2.45, 2.75) is 76.5 Å². The summed E-state index contributed by atoms with van der Waals surface area (Å²) >= 11 is 13.1. The molecule has 5 aromatic rings. The highest BCUT2D eigenvalue weighted by Crippen LogP contribution is 2.52. The molecule has 8 nitrogen and oxygen atoms in total. The molecule has 0 radical (unpaired) electrons. The van der Waals surface area contributed by atoms with Crippen molar-refractivity contribution in [3.05, 3.63) is 81.4 Å². The fourth-order valence-corrected chi connectivity index (χ4v) is 9.25. The smallest absolute Gasteiger partial charge is 0.226 e. The molecule has 2 saturated carbocycles. The molecule has 1 amide bonds. The van der Waals surface area contributed by atoms with Gasteiger partial charge in [-0.15, -0.1) is 0 Å². The maximum Gasteiger partial charge on any atom is 0.226 e. The topological polar surface area (TPSA) is 91.8 Å². The molecule has 5 aliphatic rings. The second kappa shape index (κ2) is 11.5. The number of carbonyl (C=O) groups is 1. The van der Waals surface area contributed by atoms with E-state index in [0.29, 0.717) is 52.0 Å². The Hall–Kier alpha value is -3.97. The molecular formula is C38H36Cl2FN7O. The summed E-state index contributed by atoms with van der Waals surface area (Å²) in [5.74, 6) is 0.285. The molecule has 0 spiro atoms. The normalized spacial score (nSPS) is 24.6. The van der Waals surface area contributed by atoms with E-state index in [1.165, 1.54) is 0 Å². The average molecular weight is 697 g/mol. The van der Waals surface area contributed by atoms with Gasteiger partial charge in [0.25, 0.3) is 0 Å². The number of likely N-dealkylation sites (tertiary alicyclic amines) is 1. The Kier molecular flexibility index (Phi) is 7.31. The Bertz CT molecular complexity index is 2220. The number of imidazole rings is 1. The van der Waals surface area contributed by atoms with Crippen LogP contribution in [0.25, 0.3) is 32.9 Å². The van der Waals surface area contributed by atoms with E-state index in [9.17, 15) is 10.1 Å². The summed E-state index contributed by atoms with van der Waals surface area (Å²) in [5, 5.41) is 15.6. The largest absolute Gasteiger partial charge is 0.337 e. The molecule has 11 heteroatoms. The number of halogens is 3. The van der Waals surface area contributed by atoms with Crippen LogP contribution in [0, 0.1) is 42.8 Å². The van der Waals surface area contributed by atoms with Gasteiger partial charge in [0.05, 0.1) is 51.8 Å². The van der Waals surface area contributed by atoms with Gasteiger partial charge in [0.2, 0.25) is 5.91 Å². The maximum absolute atomic E-state index is 17.1. The first kappa shape index (κ1) is 31.0. The van der Waals surface area contributed by atoms with E-state index >= 15 is 4.39 Å². The van der Waals surface area contributed by atoms with Gasteiger partial charge in [-0.05, 0) is 75.6 Å². The molecule has 10 rings (SSSR count). The van der Waals surface area contributed by atoms with Crippen LogP contribution in [0.4, 0.5) is 4.39 Å². The molecule has 3 aromatic heterocycles. The number of amides is 1. The molecule has 3 aliphatic heterocycles. The summed E-state index contributed by atoms with van der Waals surface area (Å²) < 4.78 is 21.7. The molecule has 0 unspecified atom stereocenters. The summed E-state index contributed by atoms with van der Waals surface area (Å²) in [7, 11) is 0. The predicted octanol–water partition coefficient (Wildman–Crippen LogP) is 8.03. The van der Waals surface area contributed by atoms with Crippen molar-refractivity contribution in [2.75, 3.05) is 13.1 Å². The average Bonchev–Trinajstić information content (AvgIpc) is 3.54. The molecule has 49 heavy (non-hydrogen) atoms. The number of aryl methyl sites for hydroxylation is 3. The molecule has 5 fully saturated rings. The molecule has 2 aromatic carbocycles. The first-order chi connectivity index (χ1) is 23.7. The molecule has 2 bridgehead atoms. The first-order valence-electron chi connectivity index (χ1n) is 17.2. The van der Waals surface area contributed by atoms with Gasteiger partial charge < -0.3 is 19.4 Å². The summed E-state index contributed by atoms with van der Waals surface area (Å²) in [4.78, 5) is 25.5. The molecule has 1 N–H and O–H groups in total. The minimum Gasteiger partial charge on any atom is -0.337 e. The van der Waals surface area contributed by atoms with Crippen molar-refractivity contribution in [3.8, 4) is 17.2 Å². The quantitative estimate of drug-likeness (QED) is 0.186. The number of benzene rings is 2. The van der Waals surface area contributed by atoms with E-state index in [4.69, 9.17) is 28.2 Å². The number of hydrogen-bond acceptors (Lipinski definition) is 5. The van der Waals surface area contributed by atoms with Gasteiger partial charge in [0.15, 0.2) is 5.82 Å². The van der Waals surface area contributed by atoms with Crippen LogP contribution in [0.5, 0.6) is 0 Å². The number of nitriles is 1. The van der Waals surface area contributed by atoms with Gasteiger partial charge in [0.1, 0.15) is 5.52 Å². The van der Waals surface area contributed by atoms with Crippen LogP contribution >= 0.6 is 23.2 Å². The van der Waals surface area contributed by atoms with Crippen LogP contribution in [0.3, 0.4) is 0 Å². The number of hydrogen-bond donors (Lipinski definition) is 1. The molecular weight excluding hydrogens is 660 g/mol. The summed E-state index contributed by atoms with van der Waals surface area (Å²) in [5.41, 5.74) is 5.50. The van der Waals surface area contributed by atoms with Crippen molar-refractivity contribution in [2.24, 2.45) is 11.8 Å². The summed E-state index contributed by atoms with van der Waals surface area (Å²) in [6, 6.07) is 12.1. The number of fused-ring (bicyclic) bond motifs is 4. The van der Waals surface area contributed by atoms with Crippen LogP contribution < -0.4 is 5.32 Å². The fraction of sp³-hybridized carbons (Fsp3) is 0.421. The van der Waals surface area contributed by atoms with Gasteiger partial charge in [-0.25, -0.2) is 14.4 Å². The molecule has 250 valence electrons. The lowest BCUT2D eigenvalue weighted by molar-refractivity contribution is -0.133. The lowest BCUT2D eigenvalue weighted by Crippen LogP contribution is -2.41. The van der Waals surface area contributed by atoms with E-state index in [1.807, 2.05) is 26.2 Å². The van der Waals surface area contributed by atoms with E-state index in [0.717, 1.165) is 60.2 Å². The van der Waals surface area contributed by atoms with Gasteiger partial charge in [-0.2, -0.15) is 5.26 Å². The Balaban J connectivity index is 1.30. The number of rotatable bonds is 7. The molecule has 3 saturated heterocycles. The van der Waals surface area contributed by atoms with Crippen molar-refractivity contribution >= 4 is 50.9 Å². The zero-order chi connectivity index (χ0) is 33.7. The van der Waals surface area contributed by atoms with E-state index < -0.39 is 5.82 Å². The summed E-state index contributed by atoms with van der Waals surface area (Å²) in [6.45, 7) is 5.49. The van der Waals surface area contributed by atoms with Crippen molar-refractivity contribution in [3.63, 3.8) is 0 Å². The molecule has 2 aliphatic carbocycles. The SMILES string of the molecule is Cc1cn([C@H]2C[C@H](c3cc4c(C)nc5c(F)c(-c6cccc(Cl)c6Cl)c(CCC#N)cc5c4n3[C@H]3[C@H]4CN[C@@H]3C4)N(C(=O)C3CC3)C2)cn1. The number of nitrogens with zero attached hydrogens (tertiary/aromatic N) is 6. The lowest BCUT2D eigenvalue weighted by Gasteiger charge is -2.39. The molecule has 5 atom stereocenters. The number of nitrogens with one attached hydrogen (secondary N) is 1. The van der Waals surface area contributed by atoms with Gasteiger partial charge in [0, 0.05) is 71.0 Å². The first-order valence-corrected chi connectivity index (χ1v) is 18.0. The van der Waals surface area contributed by atoms with E-state index in [-0.39, 0.29) is 46.9 Å². The van der Waals surface area contributed by atoms with Crippen LogP contribution in [0.15, 0.2) is 42.9 Å². The number of pyridine rings is 1. The zero-order valence-corrected chi connectivity index (χ0v) is 28.9. The molecule has 6 heterocycles. The highest BCUT2D eigenvalue weighted by Gasteiger charge is 2.51. The van der Waals surface area contributed by atoms with Crippen LogP contribution in [-0.4, -0.2) is 49.0 Å². The second-order valence-electron chi connectivity index (χ2n) is 14.4. The van der Waals surface area contributed by atoms with Gasteiger partial charge in [-0.1, -0.05) is 35.3 Å². The highest BCUT2D eigenvalue weighted by atomic mass is 35.5. The minimum atomic E-state index is -0.467. The summed E-state index contributed by atoms with van der Waals surface area (Å²) in [6.07, 6.45) is 8.25. The second-order valence-corrected chi connectivity index (χ2v) is 15.2. The fourth-order valence-electron chi connectivity index (χ4n) is 8.86. The Morgan fingerprint density at radius 2 is 2.00 bits per heavy atom. The third-order valence-corrected chi connectivity index (χ3v) is 12.2. The Labute approximate surface area is 293 Å². The van der Waals surface area contributed by atoms with Crippen molar-refractivity contribution < 1.29 is 9.18 Å². The number of carbonyl (C=O) groups excluding carboxylic acids is 1. The van der Waals surface area contributed by atoms with Crippen molar-refractivity contribution in [1.82, 2.24) is 29.3 Å². The van der Waals surface area contributed by atoms with Crippen LogP contribution in [0.1, 0.15) is 72.9 Å². The third kappa shape index (κ3) is 4.82. The number of aromatic nitrogens is 4.